The molecule has 108 valence electrons. The third kappa shape index (κ3) is 5.65. The topological polar surface area (TPSA) is 66.4 Å². The maximum absolute atomic E-state index is 12.7. The Hall–Kier alpha value is -2.17. The molecule has 0 aromatic heterocycles. The van der Waals surface area contributed by atoms with Crippen molar-refractivity contribution in [2.75, 3.05) is 0 Å². The Labute approximate surface area is 117 Å². The summed E-state index contributed by atoms with van der Waals surface area (Å²) in [6.45, 7) is 3.77. The predicted octanol–water partition coefficient (Wildman–Crippen LogP) is 2.45. The molecule has 1 unspecified atom stereocenters. The first-order chi connectivity index (χ1) is 9.38. The summed E-state index contributed by atoms with van der Waals surface area (Å²) in [6.07, 6.45) is 3.11. The van der Waals surface area contributed by atoms with Crippen LogP contribution < -0.4 is 5.32 Å². The van der Waals surface area contributed by atoms with Crippen molar-refractivity contribution in [2.24, 2.45) is 5.92 Å². The smallest absolute Gasteiger partial charge is 0.326 e. The molecule has 0 spiro atoms. The largest absolute Gasteiger partial charge is 0.480 e. The first-order valence-corrected chi connectivity index (χ1v) is 6.35. The van der Waals surface area contributed by atoms with E-state index in [1.165, 1.54) is 36.4 Å². The number of hydrogen-bond donors (Lipinski definition) is 2. The molecular formula is C15H18FNO3. The summed E-state index contributed by atoms with van der Waals surface area (Å²) >= 11 is 0. The van der Waals surface area contributed by atoms with E-state index in [2.05, 4.69) is 5.32 Å². The lowest BCUT2D eigenvalue weighted by Gasteiger charge is -2.15. The van der Waals surface area contributed by atoms with E-state index in [-0.39, 0.29) is 11.7 Å². The number of carboxylic acids is 1. The minimum Gasteiger partial charge on any atom is -0.480 e. The van der Waals surface area contributed by atoms with Crippen molar-refractivity contribution in [2.45, 2.75) is 26.3 Å². The van der Waals surface area contributed by atoms with Gasteiger partial charge in [0.2, 0.25) is 5.91 Å². The van der Waals surface area contributed by atoms with Crippen LogP contribution in [-0.4, -0.2) is 23.0 Å². The van der Waals surface area contributed by atoms with Gasteiger partial charge in [0.1, 0.15) is 11.9 Å². The molecule has 1 aromatic rings. The van der Waals surface area contributed by atoms with Crippen LogP contribution in [0.3, 0.4) is 0 Å². The summed E-state index contributed by atoms with van der Waals surface area (Å²) in [5, 5.41) is 11.4. The number of halogens is 1. The lowest BCUT2D eigenvalue weighted by Crippen LogP contribution is -2.40. The van der Waals surface area contributed by atoms with Gasteiger partial charge in [-0.1, -0.05) is 26.0 Å². The van der Waals surface area contributed by atoms with Gasteiger partial charge in [-0.25, -0.2) is 9.18 Å². The molecule has 20 heavy (non-hydrogen) atoms. The van der Waals surface area contributed by atoms with E-state index >= 15 is 0 Å². The molecule has 0 heterocycles. The van der Waals surface area contributed by atoms with Gasteiger partial charge in [0.15, 0.2) is 0 Å². The van der Waals surface area contributed by atoms with Crippen LogP contribution in [0.5, 0.6) is 0 Å². The fraction of sp³-hybridized carbons (Fsp3) is 0.333. The third-order valence-electron chi connectivity index (χ3n) is 2.62. The summed E-state index contributed by atoms with van der Waals surface area (Å²) < 4.78 is 12.7. The Balaban J connectivity index is 2.61. The molecule has 0 bridgehead atoms. The molecule has 1 rings (SSSR count). The van der Waals surface area contributed by atoms with E-state index < -0.39 is 17.9 Å². The van der Waals surface area contributed by atoms with E-state index in [0.29, 0.717) is 12.0 Å². The molecule has 1 amide bonds. The maximum atomic E-state index is 12.7. The second kappa shape index (κ2) is 7.43. The number of carbonyl (C=O) groups is 2. The van der Waals surface area contributed by atoms with Crippen LogP contribution in [0.1, 0.15) is 25.8 Å². The van der Waals surface area contributed by atoms with Gasteiger partial charge in [0.25, 0.3) is 0 Å². The minimum atomic E-state index is -1.05. The maximum Gasteiger partial charge on any atom is 0.326 e. The standard InChI is InChI=1S/C15H18FNO3/c1-10(2)9-13(15(19)20)17-14(18)8-5-11-3-6-12(16)7-4-11/h3-8,10,13H,9H2,1-2H3,(H,17,18)(H,19,20)/b8-5+. The molecule has 0 aliphatic heterocycles. The molecule has 1 aromatic carbocycles. The molecule has 5 heteroatoms. The average molecular weight is 279 g/mol. The van der Waals surface area contributed by atoms with E-state index in [1.54, 1.807) is 0 Å². The number of nitrogens with one attached hydrogen (secondary N) is 1. The molecule has 0 radical (unpaired) electrons. The monoisotopic (exact) mass is 279 g/mol. The number of benzene rings is 1. The van der Waals surface area contributed by atoms with E-state index in [0.717, 1.165) is 0 Å². The summed E-state index contributed by atoms with van der Waals surface area (Å²) in [4.78, 5) is 22.6. The van der Waals surface area contributed by atoms with Crippen LogP contribution >= 0.6 is 0 Å². The number of aliphatic carboxylic acids is 1. The average Bonchev–Trinajstić information content (AvgIpc) is 2.36. The van der Waals surface area contributed by atoms with Crippen LogP contribution in [0.25, 0.3) is 6.08 Å². The van der Waals surface area contributed by atoms with E-state index in [9.17, 15) is 14.0 Å². The molecule has 4 nitrogen and oxygen atoms in total. The molecule has 1 atom stereocenters. The molecule has 2 N–H and O–H groups in total. The van der Waals surface area contributed by atoms with Gasteiger partial charge in [-0.15, -0.1) is 0 Å². The quantitative estimate of drug-likeness (QED) is 0.786. The highest BCUT2D eigenvalue weighted by molar-refractivity contribution is 5.94. The van der Waals surface area contributed by atoms with E-state index in [1.807, 2.05) is 13.8 Å². The van der Waals surface area contributed by atoms with Crippen molar-refractivity contribution in [3.8, 4) is 0 Å². The number of carboxylic acid groups (broad SMARTS) is 1. The highest BCUT2D eigenvalue weighted by Crippen LogP contribution is 2.06. The Morgan fingerprint density at radius 2 is 1.90 bits per heavy atom. The highest BCUT2D eigenvalue weighted by atomic mass is 19.1. The number of carbonyl (C=O) groups excluding carboxylic acids is 1. The second-order valence-electron chi connectivity index (χ2n) is 4.91. The zero-order valence-corrected chi connectivity index (χ0v) is 11.5. The normalized spacial score (nSPS) is 12.6. The van der Waals surface area contributed by atoms with Gasteiger partial charge in [-0.2, -0.15) is 0 Å². The summed E-state index contributed by atoms with van der Waals surface area (Å²) in [5.41, 5.74) is 0.664. The van der Waals surface area contributed by atoms with Crippen LogP contribution in [0, 0.1) is 11.7 Å². The number of hydrogen-bond acceptors (Lipinski definition) is 2. The predicted molar refractivity (Wildman–Crippen MR) is 74.5 cm³/mol. The summed E-state index contributed by atoms with van der Waals surface area (Å²) in [7, 11) is 0. The zero-order valence-electron chi connectivity index (χ0n) is 11.5. The van der Waals surface area contributed by atoms with Gasteiger partial charge < -0.3 is 10.4 Å². The SMILES string of the molecule is CC(C)CC(NC(=O)/C=C/c1ccc(F)cc1)C(=O)O. The van der Waals surface area contributed by atoms with Gasteiger partial charge >= 0.3 is 5.97 Å². The summed E-state index contributed by atoms with van der Waals surface area (Å²) in [5.74, 6) is -1.73. The van der Waals surface area contributed by atoms with Crippen molar-refractivity contribution < 1.29 is 19.1 Å². The first-order valence-electron chi connectivity index (χ1n) is 6.35. The number of rotatable bonds is 6. The van der Waals surface area contributed by atoms with Crippen molar-refractivity contribution in [3.63, 3.8) is 0 Å². The van der Waals surface area contributed by atoms with E-state index in [4.69, 9.17) is 5.11 Å². The van der Waals surface area contributed by atoms with Crippen molar-refractivity contribution in [1.82, 2.24) is 5.32 Å². The van der Waals surface area contributed by atoms with Gasteiger partial charge in [0, 0.05) is 6.08 Å². The lowest BCUT2D eigenvalue weighted by atomic mass is 10.0. The molecule has 0 saturated heterocycles. The zero-order chi connectivity index (χ0) is 15.1. The Morgan fingerprint density at radius 3 is 2.40 bits per heavy atom. The fourth-order valence-electron chi connectivity index (χ4n) is 1.66. The molecule has 0 saturated carbocycles. The van der Waals surface area contributed by atoms with Crippen molar-refractivity contribution in [3.05, 3.63) is 41.7 Å². The Kier molecular flexibility index (Phi) is 5.90. The van der Waals surface area contributed by atoms with Crippen molar-refractivity contribution >= 4 is 18.0 Å². The van der Waals surface area contributed by atoms with Gasteiger partial charge in [-0.05, 0) is 36.1 Å². The summed E-state index contributed by atoms with van der Waals surface area (Å²) in [6, 6.07) is 4.73. The minimum absolute atomic E-state index is 0.164. The molecule has 0 aliphatic rings. The van der Waals surface area contributed by atoms with Crippen LogP contribution in [0.15, 0.2) is 30.3 Å². The van der Waals surface area contributed by atoms with Gasteiger partial charge in [0.05, 0.1) is 0 Å². The number of amides is 1. The fourth-order valence-corrected chi connectivity index (χ4v) is 1.66. The van der Waals surface area contributed by atoms with Crippen LogP contribution in [0.2, 0.25) is 0 Å². The van der Waals surface area contributed by atoms with Crippen molar-refractivity contribution in [1.29, 1.82) is 0 Å². The third-order valence-corrected chi connectivity index (χ3v) is 2.62. The molecular weight excluding hydrogens is 261 g/mol. The highest BCUT2D eigenvalue weighted by Gasteiger charge is 2.19. The molecule has 0 fully saturated rings. The Bertz CT molecular complexity index is 494. The Morgan fingerprint density at radius 1 is 1.30 bits per heavy atom. The second-order valence-corrected chi connectivity index (χ2v) is 4.91. The van der Waals surface area contributed by atoms with Gasteiger partial charge in [-0.3, -0.25) is 4.79 Å². The molecule has 0 aliphatic carbocycles. The van der Waals surface area contributed by atoms with Crippen LogP contribution in [-0.2, 0) is 9.59 Å². The lowest BCUT2D eigenvalue weighted by molar-refractivity contribution is -0.141. The first kappa shape index (κ1) is 15.9. The van der Waals surface area contributed by atoms with Crippen LogP contribution in [0.4, 0.5) is 4.39 Å².